The third-order valence-corrected chi connectivity index (χ3v) is 9.95. The third-order valence-electron chi connectivity index (χ3n) is 8.74. The molecule has 3 unspecified atom stereocenters. The average molecular weight is 494 g/mol. The molecule has 1 aromatic carbocycles. The quantitative estimate of drug-likeness (QED) is 0.598. The summed E-state index contributed by atoms with van der Waals surface area (Å²) < 4.78 is 0. The maximum atomic E-state index is 13.9. The molecule has 1 saturated carbocycles. The number of primary amides is 1. The Morgan fingerprint density at radius 2 is 1.89 bits per heavy atom. The van der Waals surface area contributed by atoms with Gasteiger partial charge in [0.15, 0.2) is 0 Å². The number of nitrogens with one attached hydrogen (secondary N) is 1. The molecule has 8 heteroatoms. The van der Waals surface area contributed by atoms with Crippen LogP contribution >= 0.6 is 11.3 Å². The van der Waals surface area contributed by atoms with Gasteiger partial charge >= 0.3 is 0 Å². The highest BCUT2D eigenvalue weighted by atomic mass is 32.1. The molecule has 0 spiro atoms. The van der Waals surface area contributed by atoms with Crippen molar-refractivity contribution in [2.24, 2.45) is 22.5 Å². The van der Waals surface area contributed by atoms with Crippen molar-refractivity contribution in [2.45, 2.75) is 65.3 Å². The van der Waals surface area contributed by atoms with Crippen molar-refractivity contribution in [1.29, 1.82) is 0 Å². The number of piperidine rings is 1. The van der Waals surface area contributed by atoms with Crippen molar-refractivity contribution in [3.63, 3.8) is 0 Å². The number of nitrogens with zero attached hydrogens (tertiary/aromatic N) is 1. The number of thiophene rings is 1. The van der Waals surface area contributed by atoms with Crippen LogP contribution in [0, 0.1) is 16.7 Å². The van der Waals surface area contributed by atoms with Crippen molar-refractivity contribution in [1.82, 2.24) is 4.90 Å². The summed E-state index contributed by atoms with van der Waals surface area (Å²) in [6.07, 6.45) is 4.01. The molecule has 4 amide bonds. The minimum atomic E-state index is -1.02. The van der Waals surface area contributed by atoms with Crippen LogP contribution < -0.4 is 11.1 Å². The summed E-state index contributed by atoms with van der Waals surface area (Å²) in [6, 6.07) is 8.36. The fourth-order valence-electron chi connectivity index (χ4n) is 6.23. The van der Waals surface area contributed by atoms with Gasteiger partial charge in [-0.15, -0.1) is 11.3 Å². The number of hydrogen-bond donors (Lipinski definition) is 2. The SMILES string of the molecule is CC12CCC(C(=O)N(C(Cc3ccccc3)C(=O)Nc3sc4c(c3C(N)=O)CCC4)C1=O)C2(C)C. The van der Waals surface area contributed by atoms with E-state index in [-0.39, 0.29) is 24.2 Å². The summed E-state index contributed by atoms with van der Waals surface area (Å²) in [7, 11) is 0. The number of imide groups is 1. The van der Waals surface area contributed by atoms with E-state index in [2.05, 4.69) is 5.32 Å². The molecular formula is C27H31N3O4S. The van der Waals surface area contributed by atoms with Gasteiger partial charge in [-0.05, 0) is 48.6 Å². The van der Waals surface area contributed by atoms with E-state index in [0.717, 1.165) is 35.3 Å². The lowest BCUT2D eigenvalue weighted by atomic mass is 9.62. The molecule has 2 heterocycles. The Bertz CT molecular complexity index is 1230. The largest absolute Gasteiger partial charge is 0.365 e. The first-order valence-electron chi connectivity index (χ1n) is 12.2. The van der Waals surface area contributed by atoms with E-state index in [1.165, 1.54) is 16.2 Å². The molecular weight excluding hydrogens is 462 g/mol. The first-order valence-corrected chi connectivity index (χ1v) is 13.0. The van der Waals surface area contributed by atoms with Gasteiger partial charge in [0, 0.05) is 17.2 Å². The van der Waals surface area contributed by atoms with E-state index < -0.39 is 28.7 Å². The summed E-state index contributed by atoms with van der Waals surface area (Å²) in [5.41, 5.74) is 6.61. The lowest BCUT2D eigenvalue weighted by Gasteiger charge is -2.49. The van der Waals surface area contributed by atoms with Crippen molar-refractivity contribution in [3.8, 4) is 0 Å². The smallest absolute Gasteiger partial charge is 0.251 e. The third kappa shape index (κ3) is 3.53. The van der Waals surface area contributed by atoms with E-state index in [1.54, 1.807) is 0 Å². The van der Waals surface area contributed by atoms with Crippen LogP contribution in [0.4, 0.5) is 5.00 Å². The maximum Gasteiger partial charge on any atom is 0.251 e. The lowest BCUT2D eigenvalue weighted by Crippen LogP contribution is -2.64. The van der Waals surface area contributed by atoms with Gasteiger partial charge in [0.05, 0.1) is 11.0 Å². The predicted molar refractivity (Wildman–Crippen MR) is 134 cm³/mol. The van der Waals surface area contributed by atoms with E-state index in [0.29, 0.717) is 23.4 Å². The molecule has 1 aromatic heterocycles. The van der Waals surface area contributed by atoms with Gasteiger partial charge < -0.3 is 11.1 Å². The van der Waals surface area contributed by atoms with E-state index >= 15 is 0 Å². The van der Waals surface area contributed by atoms with Crippen LogP contribution in [0.25, 0.3) is 0 Å². The summed E-state index contributed by atoms with van der Waals surface area (Å²) in [5.74, 6) is -1.93. The van der Waals surface area contributed by atoms with Crippen molar-refractivity contribution < 1.29 is 19.2 Å². The minimum Gasteiger partial charge on any atom is -0.365 e. The second kappa shape index (κ2) is 8.29. The summed E-state index contributed by atoms with van der Waals surface area (Å²) in [5, 5.41) is 3.31. The number of amides is 4. The van der Waals surface area contributed by atoms with Crippen molar-refractivity contribution in [2.75, 3.05) is 5.32 Å². The van der Waals surface area contributed by atoms with Crippen LogP contribution in [-0.4, -0.2) is 34.6 Å². The Labute approximate surface area is 209 Å². The second-order valence-electron chi connectivity index (χ2n) is 10.8. The molecule has 2 aromatic rings. The molecule has 3 atom stereocenters. The standard InChI is InChI=1S/C27H31N3O4S/c1-26(2)17-12-13-27(26,3)25(34)30(24(17)33)18(14-15-8-5-4-6-9-15)22(32)29-23-20(21(28)31)16-10-7-11-19(16)35-23/h4-6,8-9,17-18H,7,10-14H2,1-3H3,(H2,28,31)(H,29,32). The van der Waals surface area contributed by atoms with Crippen LogP contribution in [0.2, 0.25) is 0 Å². The molecule has 184 valence electrons. The summed E-state index contributed by atoms with van der Waals surface area (Å²) in [4.78, 5) is 55.9. The maximum absolute atomic E-state index is 13.9. The van der Waals surface area contributed by atoms with Crippen molar-refractivity contribution in [3.05, 3.63) is 51.9 Å². The molecule has 2 fully saturated rings. The fraction of sp³-hybridized carbons (Fsp3) is 0.481. The number of benzene rings is 1. The number of likely N-dealkylation sites (tertiary alicyclic amines) is 1. The topological polar surface area (TPSA) is 110 Å². The lowest BCUT2D eigenvalue weighted by molar-refractivity contribution is -0.172. The Morgan fingerprint density at radius 3 is 2.57 bits per heavy atom. The van der Waals surface area contributed by atoms with Gasteiger partial charge in [-0.3, -0.25) is 24.1 Å². The van der Waals surface area contributed by atoms with Crippen LogP contribution in [0.15, 0.2) is 30.3 Å². The number of hydrogen-bond acceptors (Lipinski definition) is 5. The molecule has 0 radical (unpaired) electrons. The molecule has 1 aliphatic heterocycles. The zero-order chi connectivity index (χ0) is 25.1. The number of aryl methyl sites for hydroxylation is 1. The number of carbonyl (C=O) groups excluding carboxylic acids is 4. The highest BCUT2D eigenvalue weighted by Gasteiger charge is 2.65. The van der Waals surface area contributed by atoms with E-state index in [4.69, 9.17) is 5.73 Å². The van der Waals surface area contributed by atoms with Gasteiger partial charge in [0.2, 0.25) is 17.7 Å². The first kappa shape index (κ1) is 23.7. The molecule has 7 nitrogen and oxygen atoms in total. The predicted octanol–water partition coefficient (Wildman–Crippen LogP) is 3.70. The second-order valence-corrected chi connectivity index (χ2v) is 11.9. The molecule has 2 bridgehead atoms. The minimum absolute atomic E-state index is 0.199. The van der Waals surface area contributed by atoms with Gasteiger partial charge in [-0.1, -0.05) is 51.1 Å². The van der Waals surface area contributed by atoms with Crippen LogP contribution in [0.5, 0.6) is 0 Å². The normalized spacial score (nSPS) is 25.5. The summed E-state index contributed by atoms with van der Waals surface area (Å²) >= 11 is 1.37. The number of rotatable bonds is 6. The molecule has 3 N–H and O–H groups in total. The average Bonchev–Trinajstić information content (AvgIpc) is 3.43. The highest BCUT2D eigenvalue weighted by molar-refractivity contribution is 7.17. The van der Waals surface area contributed by atoms with Crippen molar-refractivity contribution >= 4 is 40.0 Å². The summed E-state index contributed by atoms with van der Waals surface area (Å²) in [6.45, 7) is 5.88. The van der Waals surface area contributed by atoms with Crippen LogP contribution in [-0.2, 0) is 33.6 Å². The first-order chi connectivity index (χ1) is 16.6. The van der Waals surface area contributed by atoms with E-state index in [9.17, 15) is 19.2 Å². The zero-order valence-electron chi connectivity index (χ0n) is 20.3. The highest BCUT2D eigenvalue weighted by Crippen LogP contribution is 2.60. The van der Waals surface area contributed by atoms with E-state index in [1.807, 2.05) is 51.1 Å². The number of anilines is 1. The van der Waals surface area contributed by atoms with Gasteiger partial charge in [0.1, 0.15) is 11.0 Å². The monoisotopic (exact) mass is 493 g/mol. The molecule has 35 heavy (non-hydrogen) atoms. The molecule has 5 rings (SSSR count). The Morgan fingerprint density at radius 1 is 1.17 bits per heavy atom. The number of carbonyl (C=O) groups is 4. The zero-order valence-corrected chi connectivity index (χ0v) is 21.2. The van der Waals surface area contributed by atoms with Crippen LogP contribution in [0.1, 0.15) is 66.4 Å². The number of nitrogens with two attached hydrogens (primary N) is 1. The number of fused-ring (bicyclic) bond motifs is 3. The van der Waals surface area contributed by atoms with Crippen LogP contribution in [0.3, 0.4) is 0 Å². The molecule has 2 aliphatic carbocycles. The fourth-order valence-corrected chi connectivity index (χ4v) is 7.53. The molecule has 1 saturated heterocycles. The van der Waals surface area contributed by atoms with Gasteiger partial charge in [0.25, 0.3) is 5.91 Å². The Kier molecular flexibility index (Phi) is 5.62. The molecule has 3 aliphatic rings. The van der Waals surface area contributed by atoms with Gasteiger partial charge in [-0.2, -0.15) is 0 Å². The Balaban J connectivity index is 1.53. The van der Waals surface area contributed by atoms with Gasteiger partial charge in [-0.25, -0.2) is 0 Å². The Hall–Kier alpha value is -3.00.